The molecular formula is C22H20F2N6OS. The van der Waals surface area contributed by atoms with Crippen molar-refractivity contribution < 1.29 is 13.6 Å². The number of rotatable bonds is 6. The van der Waals surface area contributed by atoms with Crippen molar-refractivity contribution in [3.05, 3.63) is 53.8 Å². The fourth-order valence-corrected chi connectivity index (χ4v) is 4.35. The summed E-state index contributed by atoms with van der Waals surface area (Å²) in [6.45, 7) is 1.80. The van der Waals surface area contributed by atoms with Crippen LogP contribution in [0.2, 0.25) is 0 Å². The third-order valence-electron chi connectivity index (χ3n) is 5.30. The summed E-state index contributed by atoms with van der Waals surface area (Å²) in [5.41, 5.74) is 3.06. The molecule has 10 heteroatoms. The van der Waals surface area contributed by atoms with E-state index in [1.54, 1.807) is 48.0 Å². The van der Waals surface area contributed by atoms with Crippen LogP contribution in [0.3, 0.4) is 0 Å². The third kappa shape index (κ3) is 4.51. The SMILES string of the molecule is O=C(Nc1cccc(-c2ccnc(Nc3cnc(C4=CCNCC4)s3)n2)c1)[C@@H]1CC1(F)F. The highest BCUT2D eigenvalue weighted by atomic mass is 32.1. The lowest BCUT2D eigenvalue weighted by Gasteiger charge is -2.11. The lowest BCUT2D eigenvalue weighted by Crippen LogP contribution is -2.19. The van der Waals surface area contributed by atoms with E-state index in [-0.39, 0.29) is 0 Å². The molecule has 1 aliphatic carbocycles. The lowest BCUT2D eigenvalue weighted by molar-refractivity contribution is -0.119. The predicted molar refractivity (Wildman–Crippen MR) is 120 cm³/mol. The van der Waals surface area contributed by atoms with Crippen LogP contribution in [-0.2, 0) is 4.79 Å². The number of hydrogen-bond acceptors (Lipinski definition) is 7. The number of anilines is 3. The van der Waals surface area contributed by atoms with E-state index in [0.29, 0.717) is 17.3 Å². The molecule has 1 aromatic carbocycles. The highest BCUT2D eigenvalue weighted by Gasteiger charge is 2.61. The number of hydrogen-bond donors (Lipinski definition) is 3. The Kier molecular flexibility index (Phi) is 5.40. The van der Waals surface area contributed by atoms with Gasteiger partial charge in [0.05, 0.1) is 11.9 Å². The second kappa shape index (κ2) is 8.36. The predicted octanol–water partition coefficient (Wildman–Crippen LogP) is 4.31. The van der Waals surface area contributed by atoms with Gasteiger partial charge in [-0.15, -0.1) is 0 Å². The van der Waals surface area contributed by atoms with Crippen molar-refractivity contribution in [1.29, 1.82) is 0 Å². The maximum atomic E-state index is 13.1. The molecular weight excluding hydrogens is 434 g/mol. The number of nitrogens with one attached hydrogen (secondary N) is 3. The van der Waals surface area contributed by atoms with Gasteiger partial charge in [-0.05, 0) is 36.7 Å². The van der Waals surface area contributed by atoms with E-state index in [1.807, 2.05) is 6.07 Å². The summed E-state index contributed by atoms with van der Waals surface area (Å²) in [6.07, 6.45) is 6.11. The molecule has 0 bridgehead atoms. The van der Waals surface area contributed by atoms with Gasteiger partial charge >= 0.3 is 0 Å². The van der Waals surface area contributed by atoms with E-state index in [9.17, 15) is 13.6 Å². The number of carbonyl (C=O) groups is 1. The van der Waals surface area contributed by atoms with Gasteiger partial charge in [0.15, 0.2) is 0 Å². The first-order chi connectivity index (χ1) is 15.5. The Labute approximate surface area is 187 Å². The van der Waals surface area contributed by atoms with Crippen LogP contribution in [0.1, 0.15) is 17.8 Å². The second-order valence-corrected chi connectivity index (χ2v) is 8.72. The highest BCUT2D eigenvalue weighted by molar-refractivity contribution is 7.16. The van der Waals surface area contributed by atoms with Crippen LogP contribution in [0.25, 0.3) is 16.8 Å². The summed E-state index contributed by atoms with van der Waals surface area (Å²) in [5, 5.41) is 10.9. The van der Waals surface area contributed by atoms with E-state index in [4.69, 9.17) is 0 Å². The molecule has 1 amide bonds. The number of halogens is 2. The van der Waals surface area contributed by atoms with Gasteiger partial charge < -0.3 is 16.0 Å². The van der Waals surface area contributed by atoms with Gasteiger partial charge in [0.25, 0.3) is 5.92 Å². The zero-order valence-electron chi connectivity index (χ0n) is 16.9. The van der Waals surface area contributed by atoms with Crippen LogP contribution in [-0.4, -0.2) is 39.9 Å². The fourth-order valence-electron chi connectivity index (χ4n) is 3.47. The molecule has 2 aliphatic rings. The molecule has 32 heavy (non-hydrogen) atoms. The molecule has 0 unspecified atom stereocenters. The van der Waals surface area contributed by atoms with Crippen LogP contribution in [0.4, 0.5) is 25.4 Å². The van der Waals surface area contributed by atoms with Crippen molar-refractivity contribution in [2.45, 2.75) is 18.8 Å². The van der Waals surface area contributed by atoms with Crippen LogP contribution < -0.4 is 16.0 Å². The number of thiazole rings is 1. The van der Waals surface area contributed by atoms with Gasteiger partial charge in [0.2, 0.25) is 11.9 Å². The second-order valence-electron chi connectivity index (χ2n) is 7.69. The van der Waals surface area contributed by atoms with Gasteiger partial charge in [0.1, 0.15) is 15.9 Å². The molecule has 3 heterocycles. The van der Waals surface area contributed by atoms with Crippen molar-refractivity contribution in [2.24, 2.45) is 5.92 Å². The highest BCUT2D eigenvalue weighted by Crippen LogP contribution is 2.49. The average Bonchev–Trinajstić information content (AvgIpc) is 3.21. The summed E-state index contributed by atoms with van der Waals surface area (Å²) >= 11 is 1.55. The van der Waals surface area contributed by atoms with Crippen molar-refractivity contribution >= 4 is 39.5 Å². The minimum absolute atomic E-state index is 0.396. The summed E-state index contributed by atoms with van der Waals surface area (Å²) in [6, 6.07) is 8.70. The van der Waals surface area contributed by atoms with E-state index in [2.05, 4.69) is 37.0 Å². The molecule has 0 saturated heterocycles. The van der Waals surface area contributed by atoms with Gasteiger partial charge in [-0.25, -0.2) is 23.7 Å². The number of benzene rings is 1. The Bertz CT molecular complexity index is 1190. The van der Waals surface area contributed by atoms with Crippen LogP contribution in [0.5, 0.6) is 0 Å². The maximum absolute atomic E-state index is 13.1. The lowest BCUT2D eigenvalue weighted by atomic mass is 10.1. The minimum Gasteiger partial charge on any atom is -0.326 e. The smallest absolute Gasteiger partial charge is 0.260 e. The molecule has 0 spiro atoms. The number of alkyl halides is 2. The Balaban J connectivity index is 1.30. The van der Waals surface area contributed by atoms with Crippen molar-refractivity contribution in [3.63, 3.8) is 0 Å². The molecule has 1 atom stereocenters. The molecule has 1 aliphatic heterocycles. The minimum atomic E-state index is -2.89. The summed E-state index contributed by atoms with van der Waals surface area (Å²) < 4.78 is 26.3. The standard InChI is InChI=1S/C22H20F2N6OS/c23-22(24)11-16(22)19(31)28-15-3-1-2-14(10-15)17-6-9-26-21(29-17)30-18-12-27-20(32-18)13-4-7-25-8-5-13/h1-4,6,9-10,12,16,25H,5,7-8,11H2,(H,28,31)(H,26,29,30)/t16-/m0/s1. The molecule has 5 rings (SSSR count). The topological polar surface area (TPSA) is 91.8 Å². The summed E-state index contributed by atoms with van der Waals surface area (Å²) in [7, 11) is 0. The summed E-state index contributed by atoms with van der Waals surface area (Å²) in [5.74, 6) is -4.38. The Hall–Kier alpha value is -3.24. The zero-order chi connectivity index (χ0) is 22.1. The van der Waals surface area contributed by atoms with Gasteiger partial charge in [-0.2, -0.15) is 0 Å². The van der Waals surface area contributed by atoms with Crippen molar-refractivity contribution in [2.75, 3.05) is 23.7 Å². The van der Waals surface area contributed by atoms with Crippen LogP contribution >= 0.6 is 11.3 Å². The van der Waals surface area contributed by atoms with Crippen molar-refractivity contribution in [1.82, 2.24) is 20.3 Å². The molecule has 2 aromatic heterocycles. The van der Waals surface area contributed by atoms with E-state index in [0.717, 1.165) is 35.1 Å². The molecule has 1 fully saturated rings. The number of amides is 1. The first-order valence-corrected chi connectivity index (χ1v) is 11.0. The van der Waals surface area contributed by atoms with Gasteiger partial charge in [0, 0.05) is 30.4 Å². The molecule has 0 radical (unpaired) electrons. The summed E-state index contributed by atoms with van der Waals surface area (Å²) in [4.78, 5) is 25.3. The number of nitrogens with zero attached hydrogens (tertiary/aromatic N) is 3. The molecule has 1 saturated carbocycles. The van der Waals surface area contributed by atoms with Crippen LogP contribution in [0.15, 0.2) is 48.8 Å². The molecule has 3 N–H and O–H groups in total. The van der Waals surface area contributed by atoms with E-state index in [1.165, 1.54) is 5.57 Å². The first kappa shape index (κ1) is 20.7. The number of carbonyl (C=O) groups excluding carboxylic acids is 1. The molecule has 164 valence electrons. The van der Waals surface area contributed by atoms with Crippen LogP contribution in [0, 0.1) is 5.92 Å². The monoisotopic (exact) mass is 454 g/mol. The van der Waals surface area contributed by atoms with Gasteiger partial charge in [-0.3, -0.25) is 4.79 Å². The Morgan fingerprint density at radius 3 is 2.91 bits per heavy atom. The van der Waals surface area contributed by atoms with Crippen molar-refractivity contribution in [3.8, 4) is 11.3 Å². The normalized spacial score (nSPS) is 19.2. The molecule has 3 aromatic rings. The fraction of sp³-hybridized carbons (Fsp3) is 0.273. The zero-order valence-corrected chi connectivity index (χ0v) is 17.8. The van der Waals surface area contributed by atoms with Gasteiger partial charge in [-0.1, -0.05) is 29.5 Å². The quantitative estimate of drug-likeness (QED) is 0.514. The Morgan fingerprint density at radius 2 is 2.12 bits per heavy atom. The largest absolute Gasteiger partial charge is 0.326 e. The maximum Gasteiger partial charge on any atom is 0.260 e. The third-order valence-corrected chi connectivity index (χ3v) is 6.29. The van der Waals surface area contributed by atoms with E-state index < -0.39 is 24.2 Å². The van der Waals surface area contributed by atoms with E-state index >= 15 is 0 Å². The first-order valence-electron chi connectivity index (χ1n) is 10.2. The molecule has 7 nitrogen and oxygen atoms in total. The number of aromatic nitrogens is 3. The Morgan fingerprint density at radius 1 is 1.25 bits per heavy atom. The average molecular weight is 455 g/mol.